The molecule has 0 saturated carbocycles. The van der Waals surface area contributed by atoms with Crippen LogP contribution in [-0.4, -0.2) is 15.1 Å². The summed E-state index contributed by atoms with van der Waals surface area (Å²) in [6.45, 7) is 3.50. The van der Waals surface area contributed by atoms with Crippen molar-refractivity contribution in [1.29, 1.82) is 0 Å². The molecule has 0 aliphatic rings. The van der Waals surface area contributed by atoms with E-state index in [1.165, 1.54) is 6.07 Å². The molecule has 2 rings (SSSR count). The third-order valence-electron chi connectivity index (χ3n) is 2.40. The number of aromatic nitrogens is 2. The molecule has 0 unspecified atom stereocenters. The Bertz CT molecular complexity index is 543. The second kappa shape index (κ2) is 5.46. The molecule has 5 heteroatoms. The number of hydrogen-bond donors (Lipinski definition) is 1. The lowest BCUT2D eigenvalue weighted by atomic mass is 10.1. The number of rotatable bonds is 3. The van der Waals surface area contributed by atoms with Gasteiger partial charge in [0.05, 0.1) is 11.0 Å². The first-order valence-corrected chi connectivity index (χ1v) is 6.32. The van der Waals surface area contributed by atoms with E-state index in [4.69, 9.17) is 0 Å². The van der Waals surface area contributed by atoms with E-state index in [2.05, 4.69) is 9.97 Å². The number of nitrogens with zero attached hydrogens (tertiary/aromatic N) is 2. The van der Waals surface area contributed by atoms with Gasteiger partial charge >= 0.3 is 0 Å². The Morgan fingerprint density at radius 2 is 1.94 bits per heavy atom. The molecule has 0 spiro atoms. The Morgan fingerprint density at radius 3 is 2.50 bits per heavy atom. The van der Waals surface area contributed by atoms with Crippen LogP contribution in [0.15, 0.2) is 40.6 Å². The van der Waals surface area contributed by atoms with Crippen LogP contribution in [0.1, 0.15) is 24.2 Å². The highest BCUT2D eigenvalue weighted by atomic mass is 32.2. The van der Waals surface area contributed by atoms with Crippen LogP contribution in [0.25, 0.3) is 0 Å². The highest BCUT2D eigenvalue weighted by molar-refractivity contribution is 7.99. The van der Waals surface area contributed by atoms with Gasteiger partial charge in [0.2, 0.25) is 0 Å². The molecule has 18 heavy (non-hydrogen) atoms. The molecule has 1 aromatic carbocycles. The maximum atomic E-state index is 13.8. The van der Waals surface area contributed by atoms with Crippen LogP contribution in [0, 0.1) is 12.7 Å². The second-order valence-electron chi connectivity index (χ2n) is 4.01. The predicted molar refractivity (Wildman–Crippen MR) is 67.9 cm³/mol. The van der Waals surface area contributed by atoms with Crippen LogP contribution >= 0.6 is 11.8 Å². The molecule has 0 saturated heterocycles. The maximum Gasteiger partial charge on any atom is 0.192 e. The monoisotopic (exact) mass is 264 g/mol. The fourth-order valence-corrected chi connectivity index (χ4v) is 2.09. The van der Waals surface area contributed by atoms with E-state index in [0.29, 0.717) is 15.6 Å². The minimum atomic E-state index is -0.672. The van der Waals surface area contributed by atoms with E-state index in [0.717, 1.165) is 17.3 Å². The van der Waals surface area contributed by atoms with Crippen LogP contribution in [0.5, 0.6) is 0 Å². The number of halogens is 1. The largest absolute Gasteiger partial charge is 0.389 e. The van der Waals surface area contributed by atoms with Gasteiger partial charge in [-0.15, -0.1) is 0 Å². The zero-order valence-electron chi connectivity index (χ0n) is 10.1. The van der Waals surface area contributed by atoms with Crippen LogP contribution in [0.2, 0.25) is 0 Å². The van der Waals surface area contributed by atoms with E-state index < -0.39 is 6.10 Å². The first kappa shape index (κ1) is 13.0. The van der Waals surface area contributed by atoms with Crippen LogP contribution in [0.3, 0.4) is 0 Å². The molecule has 1 N–H and O–H groups in total. The molecule has 0 fully saturated rings. The van der Waals surface area contributed by atoms with Crippen molar-refractivity contribution in [2.24, 2.45) is 0 Å². The summed E-state index contributed by atoms with van der Waals surface area (Å²) in [7, 11) is 0. The molecule has 0 aliphatic heterocycles. The van der Waals surface area contributed by atoms with Crippen molar-refractivity contribution < 1.29 is 9.50 Å². The summed E-state index contributed by atoms with van der Waals surface area (Å²) in [4.78, 5) is 8.66. The van der Waals surface area contributed by atoms with E-state index in [-0.39, 0.29) is 5.82 Å². The maximum absolute atomic E-state index is 13.8. The summed E-state index contributed by atoms with van der Waals surface area (Å²) < 4.78 is 13.8. The summed E-state index contributed by atoms with van der Waals surface area (Å²) >= 11 is 1.16. The summed E-state index contributed by atoms with van der Waals surface area (Å²) in [6.07, 6.45) is 2.71. The highest BCUT2D eigenvalue weighted by Gasteiger charge is 2.09. The zero-order valence-corrected chi connectivity index (χ0v) is 10.9. The normalized spacial score (nSPS) is 12.4. The van der Waals surface area contributed by atoms with Gasteiger partial charge in [-0.05, 0) is 48.9 Å². The van der Waals surface area contributed by atoms with Crippen LogP contribution in [0.4, 0.5) is 4.39 Å². The van der Waals surface area contributed by atoms with E-state index in [9.17, 15) is 9.50 Å². The Kier molecular flexibility index (Phi) is 3.93. The van der Waals surface area contributed by atoms with E-state index >= 15 is 0 Å². The fraction of sp³-hybridized carbons (Fsp3) is 0.231. The molecule has 3 nitrogen and oxygen atoms in total. The molecule has 0 bridgehead atoms. The minimum Gasteiger partial charge on any atom is -0.389 e. The second-order valence-corrected chi connectivity index (χ2v) is 5.02. The third-order valence-corrected chi connectivity index (χ3v) is 3.34. The molecular weight excluding hydrogens is 251 g/mol. The summed E-state index contributed by atoms with van der Waals surface area (Å²) in [5.74, 6) is -0.373. The molecule has 94 valence electrons. The lowest BCUT2D eigenvalue weighted by Crippen LogP contribution is -1.94. The van der Waals surface area contributed by atoms with Crippen LogP contribution in [-0.2, 0) is 0 Å². The third kappa shape index (κ3) is 3.05. The van der Waals surface area contributed by atoms with Gasteiger partial charge in [-0.2, -0.15) is 0 Å². The van der Waals surface area contributed by atoms with Crippen molar-refractivity contribution in [3.63, 3.8) is 0 Å². The predicted octanol–water partition coefficient (Wildman–Crippen LogP) is 3.13. The summed E-state index contributed by atoms with van der Waals surface area (Å²) in [6, 6.07) is 4.66. The first-order chi connectivity index (χ1) is 8.56. The average Bonchev–Trinajstić information content (AvgIpc) is 2.34. The fourth-order valence-electron chi connectivity index (χ4n) is 1.39. The summed E-state index contributed by atoms with van der Waals surface area (Å²) in [5, 5.41) is 9.87. The van der Waals surface area contributed by atoms with Crippen molar-refractivity contribution in [2.45, 2.75) is 30.0 Å². The van der Waals surface area contributed by atoms with Crippen molar-refractivity contribution >= 4 is 11.8 Å². The van der Waals surface area contributed by atoms with Gasteiger partial charge in [0, 0.05) is 12.4 Å². The van der Waals surface area contributed by atoms with Crippen molar-refractivity contribution in [2.75, 3.05) is 0 Å². The van der Waals surface area contributed by atoms with Crippen molar-refractivity contribution in [3.8, 4) is 0 Å². The van der Waals surface area contributed by atoms with Crippen LogP contribution < -0.4 is 0 Å². The molecular formula is C13H13FN2OS. The van der Waals surface area contributed by atoms with Gasteiger partial charge in [-0.1, -0.05) is 6.07 Å². The van der Waals surface area contributed by atoms with Gasteiger partial charge in [-0.25, -0.2) is 14.4 Å². The molecule has 1 heterocycles. The molecule has 1 atom stereocenters. The molecule has 2 aromatic rings. The zero-order chi connectivity index (χ0) is 13.1. The van der Waals surface area contributed by atoms with Crippen molar-refractivity contribution in [3.05, 3.63) is 47.5 Å². The standard InChI is InChI=1S/C13H13FN2OS/c1-8-6-15-13(16-7-8)18-12-4-3-10(9(2)17)5-11(12)14/h3-7,9,17H,1-2H3/t9-/m0/s1. The molecule has 1 aromatic heterocycles. The van der Waals surface area contributed by atoms with E-state index in [1.807, 2.05) is 6.92 Å². The van der Waals surface area contributed by atoms with Gasteiger partial charge in [-0.3, -0.25) is 0 Å². The number of aliphatic hydroxyl groups excluding tert-OH is 1. The Morgan fingerprint density at radius 1 is 1.28 bits per heavy atom. The highest BCUT2D eigenvalue weighted by Crippen LogP contribution is 2.28. The number of benzene rings is 1. The van der Waals surface area contributed by atoms with Crippen molar-refractivity contribution in [1.82, 2.24) is 9.97 Å². The quantitative estimate of drug-likeness (QED) is 0.865. The Labute approximate surface area is 109 Å². The first-order valence-electron chi connectivity index (χ1n) is 5.50. The summed E-state index contributed by atoms with van der Waals surface area (Å²) in [5.41, 5.74) is 1.52. The topological polar surface area (TPSA) is 46.0 Å². The lowest BCUT2D eigenvalue weighted by molar-refractivity contribution is 0.198. The van der Waals surface area contributed by atoms with Gasteiger partial charge in [0.25, 0.3) is 0 Å². The van der Waals surface area contributed by atoms with Gasteiger partial charge in [0.1, 0.15) is 5.82 Å². The van der Waals surface area contributed by atoms with E-state index in [1.54, 1.807) is 31.5 Å². The number of aryl methyl sites for hydroxylation is 1. The molecule has 0 aliphatic carbocycles. The minimum absolute atomic E-state index is 0.373. The Balaban J connectivity index is 2.22. The lowest BCUT2D eigenvalue weighted by Gasteiger charge is -2.07. The number of aliphatic hydroxyl groups is 1. The van der Waals surface area contributed by atoms with Gasteiger partial charge in [0.15, 0.2) is 5.16 Å². The Hall–Kier alpha value is -1.46. The smallest absolute Gasteiger partial charge is 0.192 e. The SMILES string of the molecule is Cc1cnc(Sc2ccc([C@H](C)O)cc2F)nc1. The number of hydrogen-bond acceptors (Lipinski definition) is 4. The van der Waals surface area contributed by atoms with Gasteiger partial charge < -0.3 is 5.11 Å². The molecule has 0 amide bonds. The average molecular weight is 264 g/mol. The molecule has 0 radical (unpaired) electrons.